The standard InChI is InChI=1S/C13H12N2O2/c1-17-12-7-9-15(10-8-14-12)13(16)11-5-3-2-4-6-11/h2-10H,1H3. The second kappa shape index (κ2) is 5.12. The van der Waals surface area contributed by atoms with Crippen molar-refractivity contribution in [3.05, 3.63) is 60.6 Å². The molecule has 0 unspecified atom stereocenters. The Morgan fingerprint density at radius 3 is 2.71 bits per heavy atom. The SMILES string of the molecule is COC1=NC=CN(C(=O)c2ccccc2)C=C1. The molecule has 1 heterocycles. The first-order valence-corrected chi connectivity index (χ1v) is 5.15. The van der Waals surface area contributed by atoms with Crippen LogP contribution >= 0.6 is 0 Å². The smallest absolute Gasteiger partial charge is 0.261 e. The average molecular weight is 228 g/mol. The van der Waals surface area contributed by atoms with Gasteiger partial charge in [-0.1, -0.05) is 18.2 Å². The summed E-state index contributed by atoms with van der Waals surface area (Å²) in [5, 5.41) is 0. The number of nitrogens with zero attached hydrogens (tertiary/aromatic N) is 2. The highest BCUT2D eigenvalue weighted by molar-refractivity contribution is 5.97. The summed E-state index contributed by atoms with van der Waals surface area (Å²) >= 11 is 0. The quantitative estimate of drug-likeness (QED) is 0.739. The van der Waals surface area contributed by atoms with E-state index in [-0.39, 0.29) is 5.91 Å². The predicted molar refractivity (Wildman–Crippen MR) is 65.3 cm³/mol. The Morgan fingerprint density at radius 2 is 2.00 bits per heavy atom. The fourth-order valence-electron chi connectivity index (χ4n) is 1.40. The van der Waals surface area contributed by atoms with Crippen molar-refractivity contribution in [3.8, 4) is 0 Å². The lowest BCUT2D eigenvalue weighted by molar-refractivity contribution is 0.0869. The van der Waals surface area contributed by atoms with Gasteiger partial charge >= 0.3 is 0 Å². The molecule has 0 fully saturated rings. The highest BCUT2D eigenvalue weighted by Crippen LogP contribution is 2.08. The number of benzene rings is 1. The van der Waals surface area contributed by atoms with Crippen molar-refractivity contribution >= 4 is 11.8 Å². The van der Waals surface area contributed by atoms with Crippen LogP contribution < -0.4 is 0 Å². The molecule has 1 aliphatic heterocycles. The van der Waals surface area contributed by atoms with Gasteiger partial charge in [-0.15, -0.1) is 0 Å². The second-order valence-electron chi connectivity index (χ2n) is 3.36. The minimum atomic E-state index is -0.106. The first kappa shape index (κ1) is 11.1. The van der Waals surface area contributed by atoms with E-state index in [1.54, 1.807) is 30.6 Å². The molecule has 1 aromatic rings. The number of hydrogen-bond donors (Lipinski definition) is 0. The Morgan fingerprint density at radius 1 is 1.24 bits per heavy atom. The van der Waals surface area contributed by atoms with Gasteiger partial charge in [-0.2, -0.15) is 0 Å². The van der Waals surface area contributed by atoms with Crippen LogP contribution in [-0.2, 0) is 4.74 Å². The van der Waals surface area contributed by atoms with Gasteiger partial charge in [-0.3, -0.25) is 9.69 Å². The van der Waals surface area contributed by atoms with Crippen LogP contribution in [0.1, 0.15) is 10.4 Å². The first-order valence-electron chi connectivity index (χ1n) is 5.15. The van der Waals surface area contributed by atoms with Gasteiger partial charge in [0, 0.05) is 30.2 Å². The van der Waals surface area contributed by atoms with Gasteiger partial charge < -0.3 is 4.74 Å². The molecular formula is C13H12N2O2. The zero-order chi connectivity index (χ0) is 12.1. The highest BCUT2D eigenvalue weighted by atomic mass is 16.5. The van der Waals surface area contributed by atoms with E-state index in [0.29, 0.717) is 11.5 Å². The summed E-state index contributed by atoms with van der Waals surface area (Å²) < 4.78 is 4.98. The number of amides is 1. The molecule has 1 amide bonds. The van der Waals surface area contributed by atoms with E-state index in [4.69, 9.17) is 4.74 Å². The molecule has 86 valence electrons. The monoisotopic (exact) mass is 228 g/mol. The van der Waals surface area contributed by atoms with Crippen molar-refractivity contribution in [1.29, 1.82) is 0 Å². The third-order valence-electron chi connectivity index (χ3n) is 2.27. The van der Waals surface area contributed by atoms with Crippen LogP contribution in [0.15, 0.2) is 60.0 Å². The summed E-state index contributed by atoms with van der Waals surface area (Å²) in [5.41, 5.74) is 0.627. The van der Waals surface area contributed by atoms with Gasteiger partial charge in [0.1, 0.15) is 0 Å². The van der Waals surface area contributed by atoms with Gasteiger partial charge in [0.2, 0.25) is 5.90 Å². The van der Waals surface area contributed by atoms with E-state index in [1.807, 2.05) is 18.2 Å². The summed E-state index contributed by atoms with van der Waals surface area (Å²) in [7, 11) is 1.53. The maximum Gasteiger partial charge on any atom is 0.261 e. The molecule has 1 aliphatic rings. The first-order chi connectivity index (χ1) is 8.31. The van der Waals surface area contributed by atoms with Crippen molar-refractivity contribution in [1.82, 2.24) is 4.90 Å². The van der Waals surface area contributed by atoms with Crippen LogP contribution in [0.4, 0.5) is 0 Å². The number of hydrogen-bond acceptors (Lipinski definition) is 3. The molecule has 0 radical (unpaired) electrons. The molecule has 0 saturated heterocycles. The van der Waals surface area contributed by atoms with Crippen molar-refractivity contribution in [3.63, 3.8) is 0 Å². The summed E-state index contributed by atoms with van der Waals surface area (Å²) in [6.07, 6.45) is 6.39. The van der Waals surface area contributed by atoms with E-state index >= 15 is 0 Å². The van der Waals surface area contributed by atoms with E-state index in [9.17, 15) is 4.79 Å². The van der Waals surface area contributed by atoms with E-state index in [2.05, 4.69) is 4.99 Å². The Kier molecular flexibility index (Phi) is 3.35. The van der Waals surface area contributed by atoms with Crippen LogP contribution in [0.2, 0.25) is 0 Å². The summed E-state index contributed by atoms with van der Waals surface area (Å²) in [6, 6.07) is 9.07. The third kappa shape index (κ3) is 2.60. The number of aliphatic imine (C=N–C) groups is 1. The Bertz CT molecular complexity index is 489. The molecule has 0 aliphatic carbocycles. The topological polar surface area (TPSA) is 41.9 Å². The van der Waals surface area contributed by atoms with E-state index < -0.39 is 0 Å². The Hall–Kier alpha value is -2.36. The number of methoxy groups -OCH3 is 1. The zero-order valence-electron chi connectivity index (χ0n) is 9.41. The maximum absolute atomic E-state index is 12.1. The van der Waals surface area contributed by atoms with E-state index in [0.717, 1.165) is 0 Å². The molecule has 17 heavy (non-hydrogen) atoms. The van der Waals surface area contributed by atoms with Gasteiger partial charge in [0.05, 0.1) is 7.11 Å². The lowest BCUT2D eigenvalue weighted by atomic mass is 10.2. The fraction of sp³-hybridized carbons (Fsp3) is 0.0769. The average Bonchev–Trinajstić information content (AvgIpc) is 2.64. The molecule has 0 aromatic heterocycles. The van der Waals surface area contributed by atoms with Crippen LogP contribution in [-0.4, -0.2) is 23.8 Å². The van der Waals surface area contributed by atoms with Crippen LogP contribution in [0.3, 0.4) is 0 Å². The molecule has 0 saturated carbocycles. The minimum Gasteiger partial charge on any atom is -0.481 e. The summed E-state index contributed by atoms with van der Waals surface area (Å²) in [4.78, 5) is 17.5. The molecule has 1 aromatic carbocycles. The Labute approximate surface area is 99.5 Å². The van der Waals surface area contributed by atoms with Crippen LogP contribution in [0.25, 0.3) is 0 Å². The van der Waals surface area contributed by atoms with Gasteiger partial charge in [-0.05, 0) is 12.1 Å². The molecule has 0 N–H and O–H groups in total. The molecular weight excluding hydrogens is 216 g/mol. The van der Waals surface area contributed by atoms with Crippen molar-refractivity contribution in [2.24, 2.45) is 4.99 Å². The highest BCUT2D eigenvalue weighted by Gasteiger charge is 2.11. The minimum absolute atomic E-state index is 0.106. The zero-order valence-corrected chi connectivity index (χ0v) is 9.41. The van der Waals surface area contributed by atoms with Crippen molar-refractivity contribution < 1.29 is 9.53 Å². The summed E-state index contributed by atoms with van der Waals surface area (Å²) in [5.74, 6) is 0.357. The molecule has 2 rings (SSSR count). The molecule has 0 atom stereocenters. The lowest BCUT2D eigenvalue weighted by Gasteiger charge is -2.11. The molecule has 0 bridgehead atoms. The summed E-state index contributed by atoms with van der Waals surface area (Å²) in [6.45, 7) is 0. The fourth-order valence-corrected chi connectivity index (χ4v) is 1.40. The second-order valence-corrected chi connectivity index (χ2v) is 3.36. The van der Waals surface area contributed by atoms with E-state index in [1.165, 1.54) is 18.2 Å². The largest absolute Gasteiger partial charge is 0.481 e. The van der Waals surface area contributed by atoms with Gasteiger partial charge in [0.25, 0.3) is 5.91 Å². The Balaban J connectivity index is 2.18. The number of carbonyl (C=O) groups is 1. The molecule has 4 nitrogen and oxygen atoms in total. The number of rotatable bonds is 1. The maximum atomic E-state index is 12.1. The third-order valence-corrected chi connectivity index (χ3v) is 2.27. The molecule has 4 heteroatoms. The number of ether oxygens (including phenoxy) is 1. The van der Waals surface area contributed by atoms with Crippen LogP contribution in [0.5, 0.6) is 0 Å². The van der Waals surface area contributed by atoms with Gasteiger partial charge in [0.15, 0.2) is 0 Å². The predicted octanol–water partition coefficient (Wildman–Crippen LogP) is 2.17. The molecule has 0 spiro atoms. The lowest BCUT2D eigenvalue weighted by Crippen LogP contribution is -2.19. The van der Waals surface area contributed by atoms with Crippen molar-refractivity contribution in [2.75, 3.05) is 7.11 Å². The normalized spacial score (nSPS) is 14.2. The van der Waals surface area contributed by atoms with Gasteiger partial charge in [-0.25, -0.2) is 4.99 Å². The number of carbonyl (C=O) groups excluding carboxylic acids is 1. The van der Waals surface area contributed by atoms with Crippen molar-refractivity contribution in [2.45, 2.75) is 0 Å². The van der Waals surface area contributed by atoms with Crippen LogP contribution in [0, 0.1) is 0 Å².